The minimum atomic E-state index is -4.51. The summed E-state index contributed by atoms with van der Waals surface area (Å²) in [5.41, 5.74) is -1.21. The standard InChI is InChI=1S/C19H25F3N2O2/c1-11(2)5-6-26-14-7-15(19(20,21)22)17-16(8-14)23-12(3)24(17)13-9-18(4,25)10-13/h7-8,11,13,25H,5-6,9-10H2,1-4H3. The summed E-state index contributed by atoms with van der Waals surface area (Å²) in [5, 5.41) is 9.98. The first kappa shape index (κ1) is 19.0. The van der Waals surface area contributed by atoms with Crippen molar-refractivity contribution in [3.8, 4) is 5.75 Å². The van der Waals surface area contributed by atoms with E-state index in [9.17, 15) is 18.3 Å². The molecule has 7 heteroatoms. The maximum absolute atomic E-state index is 13.7. The summed E-state index contributed by atoms with van der Waals surface area (Å²) in [4.78, 5) is 4.34. The van der Waals surface area contributed by atoms with E-state index < -0.39 is 17.3 Å². The lowest BCUT2D eigenvalue weighted by Gasteiger charge is -2.42. The van der Waals surface area contributed by atoms with Crippen LogP contribution in [0.1, 0.15) is 57.5 Å². The van der Waals surface area contributed by atoms with Gasteiger partial charge in [0, 0.05) is 12.1 Å². The van der Waals surface area contributed by atoms with Crippen molar-refractivity contribution < 1.29 is 23.0 Å². The third kappa shape index (κ3) is 3.68. The number of halogens is 3. The number of aromatic nitrogens is 2. The number of nitrogens with zero attached hydrogens (tertiary/aromatic N) is 2. The lowest BCUT2D eigenvalue weighted by atomic mass is 9.77. The van der Waals surface area contributed by atoms with Gasteiger partial charge in [-0.2, -0.15) is 13.2 Å². The number of ether oxygens (including phenoxy) is 1. The zero-order valence-corrected chi connectivity index (χ0v) is 15.5. The van der Waals surface area contributed by atoms with E-state index in [-0.39, 0.29) is 22.8 Å². The molecule has 3 rings (SSSR count). The van der Waals surface area contributed by atoms with E-state index >= 15 is 0 Å². The Kier molecular flexibility index (Phi) is 4.71. The Hall–Kier alpha value is -1.76. The first-order valence-corrected chi connectivity index (χ1v) is 8.93. The van der Waals surface area contributed by atoms with E-state index in [1.54, 1.807) is 24.5 Å². The zero-order chi connectivity index (χ0) is 19.3. The van der Waals surface area contributed by atoms with Gasteiger partial charge in [-0.15, -0.1) is 0 Å². The molecule has 1 aliphatic rings. The van der Waals surface area contributed by atoms with Gasteiger partial charge >= 0.3 is 6.18 Å². The summed E-state index contributed by atoms with van der Waals surface area (Å²) in [7, 11) is 0. The molecule has 26 heavy (non-hydrogen) atoms. The molecule has 2 aromatic rings. The molecule has 0 radical (unpaired) electrons. The highest BCUT2D eigenvalue weighted by atomic mass is 19.4. The van der Waals surface area contributed by atoms with Gasteiger partial charge in [0.1, 0.15) is 11.6 Å². The van der Waals surface area contributed by atoms with Gasteiger partial charge in [-0.3, -0.25) is 0 Å². The Balaban J connectivity index is 2.04. The molecular formula is C19H25F3N2O2. The Morgan fingerprint density at radius 2 is 2.00 bits per heavy atom. The van der Waals surface area contributed by atoms with Gasteiger partial charge in [0.2, 0.25) is 0 Å². The number of fused-ring (bicyclic) bond motifs is 1. The Morgan fingerprint density at radius 3 is 2.54 bits per heavy atom. The van der Waals surface area contributed by atoms with E-state index in [1.165, 1.54) is 0 Å². The highest BCUT2D eigenvalue weighted by molar-refractivity contribution is 5.82. The topological polar surface area (TPSA) is 47.3 Å². The van der Waals surface area contributed by atoms with Crippen molar-refractivity contribution >= 4 is 11.0 Å². The van der Waals surface area contributed by atoms with E-state index in [0.29, 0.717) is 31.2 Å². The molecule has 1 saturated carbocycles. The van der Waals surface area contributed by atoms with Gasteiger partial charge in [0.05, 0.1) is 28.8 Å². The molecule has 1 N–H and O–H groups in total. The first-order chi connectivity index (χ1) is 12.0. The molecule has 0 amide bonds. The molecule has 1 aromatic carbocycles. The molecule has 1 aliphatic carbocycles. The first-order valence-electron chi connectivity index (χ1n) is 8.93. The Bertz CT molecular complexity index is 801. The van der Waals surface area contributed by atoms with Crippen LogP contribution in [0.4, 0.5) is 13.2 Å². The maximum atomic E-state index is 13.7. The number of imidazole rings is 1. The molecule has 0 spiro atoms. The van der Waals surface area contributed by atoms with Crippen LogP contribution in [0.15, 0.2) is 12.1 Å². The minimum absolute atomic E-state index is 0.0757. The number of aryl methyl sites for hydroxylation is 1. The zero-order valence-electron chi connectivity index (χ0n) is 15.5. The van der Waals surface area contributed by atoms with Gasteiger partial charge in [0.25, 0.3) is 0 Å². The predicted octanol–water partition coefficient (Wildman–Crippen LogP) is 4.87. The second kappa shape index (κ2) is 6.44. The lowest BCUT2D eigenvalue weighted by Crippen LogP contribution is -2.42. The van der Waals surface area contributed by atoms with Crippen LogP contribution in [0.5, 0.6) is 5.75 Å². The van der Waals surface area contributed by atoms with Crippen molar-refractivity contribution in [2.24, 2.45) is 5.92 Å². The van der Waals surface area contributed by atoms with Crippen molar-refractivity contribution in [1.29, 1.82) is 0 Å². The van der Waals surface area contributed by atoms with Crippen molar-refractivity contribution in [3.63, 3.8) is 0 Å². The summed E-state index contributed by atoms with van der Waals surface area (Å²) in [6, 6.07) is 2.46. The highest BCUT2D eigenvalue weighted by Crippen LogP contribution is 2.46. The molecular weight excluding hydrogens is 345 g/mol. The van der Waals surface area contributed by atoms with Crippen molar-refractivity contribution in [2.45, 2.75) is 64.8 Å². The van der Waals surface area contributed by atoms with E-state index in [1.807, 2.05) is 13.8 Å². The van der Waals surface area contributed by atoms with Crippen LogP contribution in [0.2, 0.25) is 0 Å². The summed E-state index contributed by atoms with van der Waals surface area (Å²) >= 11 is 0. The Labute approximate surface area is 151 Å². The average molecular weight is 370 g/mol. The molecule has 1 heterocycles. The van der Waals surface area contributed by atoms with Crippen molar-refractivity contribution in [3.05, 3.63) is 23.5 Å². The van der Waals surface area contributed by atoms with Crippen molar-refractivity contribution in [1.82, 2.24) is 9.55 Å². The molecule has 0 unspecified atom stereocenters. The number of alkyl halides is 3. The third-order valence-electron chi connectivity index (χ3n) is 4.92. The monoisotopic (exact) mass is 370 g/mol. The fraction of sp³-hybridized carbons (Fsp3) is 0.632. The molecule has 0 saturated heterocycles. The van der Waals surface area contributed by atoms with Crippen LogP contribution in [0.25, 0.3) is 11.0 Å². The number of hydrogen-bond donors (Lipinski definition) is 1. The molecule has 1 fully saturated rings. The second-order valence-corrected chi connectivity index (χ2v) is 7.96. The molecule has 0 atom stereocenters. The summed E-state index contributed by atoms with van der Waals surface area (Å²) in [6.07, 6.45) is -2.90. The highest BCUT2D eigenvalue weighted by Gasteiger charge is 2.43. The van der Waals surface area contributed by atoms with Gasteiger partial charge in [-0.25, -0.2) is 4.98 Å². The average Bonchev–Trinajstić information content (AvgIpc) is 2.77. The largest absolute Gasteiger partial charge is 0.493 e. The summed E-state index contributed by atoms with van der Waals surface area (Å²) in [6.45, 7) is 7.83. The predicted molar refractivity (Wildman–Crippen MR) is 93.3 cm³/mol. The van der Waals surface area contributed by atoms with Crippen LogP contribution in [0, 0.1) is 12.8 Å². The van der Waals surface area contributed by atoms with Crippen molar-refractivity contribution in [2.75, 3.05) is 6.61 Å². The van der Waals surface area contributed by atoms with Crippen LogP contribution in [-0.4, -0.2) is 26.9 Å². The Morgan fingerprint density at radius 1 is 1.35 bits per heavy atom. The van der Waals surface area contributed by atoms with Gasteiger partial charge in [-0.05, 0) is 45.1 Å². The second-order valence-electron chi connectivity index (χ2n) is 7.96. The minimum Gasteiger partial charge on any atom is -0.493 e. The van der Waals surface area contributed by atoms with Crippen LogP contribution >= 0.6 is 0 Å². The number of benzene rings is 1. The fourth-order valence-electron chi connectivity index (χ4n) is 3.62. The van der Waals surface area contributed by atoms with Gasteiger partial charge in [0.15, 0.2) is 0 Å². The molecule has 1 aromatic heterocycles. The smallest absolute Gasteiger partial charge is 0.418 e. The normalized spacial score (nSPS) is 23.5. The number of rotatable bonds is 5. The summed E-state index contributed by atoms with van der Waals surface area (Å²) < 4.78 is 48.4. The van der Waals surface area contributed by atoms with E-state index in [2.05, 4.69) is 4.98 Å². The molecule has 4 nitrogen and oxygen atoms in total. The summed E-state index contributed by atoms with van der Waals surface area (Å²) in [5.74, 6) is 1.12. The number of aliphatic hydroxyl groups is 1. The molecule has 0 aliphatic heterocycles. The lowest BCUT2D eigenvalue weighted by molar-refractivity contribution is -0.136. The molecule has 0 bridgehead atoms. The third-order valence-corrected chi connectivity index (χ3v) is 4.92. The van der Waals surface area contributed by atoms with E-state index in [0.717, 1.165) is 12.5 Å². The van der Waals surface area contributed by atoms with Crippen LogP contribution in [0.3, 0.4) is 0 Å². The fourth-order valence-corrected chi connectivity index (χ4v) is 3.62. The van der Waals surface area contributed by atoms with E-state index in [4.69, 9.17) is 4.74 Å². The number of hydrogen-bond acceptors (Lipinski definition) is 3. The van der Waals surface area contributed by atoms with Crippen LogP contribution < -0.4 is 4.74 Å². The van der Waals surface area contributed by atoms with Gasteiger partial charge in [-0.1, -0.05) is 13.8 Å². The molecule has 144 valence electrons. The van der Waals surface area contributed by atoms with Gasteiger partial charge < -0.3 is 14.4 Å². The van der Waals surface area contributed by atoms with Crippen LogP contribution in [-0.2, 0) is 6.18 Å². The maximum Gasteiger partial charge on any atom is 0.418 e. The quantitative estimate of drug-likeness (QED) is 0.816. The SMILES string of the molecule is Cc1nc2cc(OCCC(C)C)cc(C(F)(F)F)c2n1C1CC(C)(O)C1.